The lowest BCUT2D eigenvalue weighted by Crippen LogP contribution is -2.35. The molecular formula is C15H15F2NOS. The van der Waals surface area contributed by atoms with Gasteiger partial charge in [-0.1, -0.05) is 6.07 Å². The summed E-state index contributed by atoms with van der Waals surface area (Å²) in [6.07, 6.45) is 0. The van der Waals surface area contributed by atoms with Gasteiger partial charge < -0.3 is 0 Å². The van der Waals surface area contributed by atoms with Gasteiger partial charge in [-0.05, 0) is 37.6 Å². The molecule has 1 heterocycles. The predicted octanol–water partition coefficient (Wildman–Crippen LogP) is 3.73. The van der Waals surface area contributed by atoms with Gasteiger partial charge in [0.25, 0.3) is 0 Å². The van der Waals surface area contributed by atoms with E-state index in [-0.39, 0.29) is 11.3 Å². The number of nitrogens with zero attached hydrogens (tertiary/aromatic N) is 1. The monoisotopic (exact) mass is 295 g/mol. The third kappa shape index (κ3) is 3.29. The summed E-state index contributed by atoms with van der Waals surface area (Å²) in [6.45, 7) is 2.34. The van der Waals surface area contributed by atoms with E-state index in [1.165, 1.54) is 6.07 Å². The lowest BCUT2D eigenvalue weighted by Gasteiger charge is -2.23. The molecule has 20 heavy (non-hydrogen) atoms. The normalized spacial score (nSPS) is 12.7. The zero-order valence-corrected chi connectivity index (χ0v) is 12.1. The predicted molar refractivity (Wildman–Crippen MR) is 75.9 cm³/mol. The van der Waals surface area contributed by atoms with Crippen LogP contribution in [-0.4, -0.2) is 23.8 Å². The Kier molecular flexibility index (Phi) is 4.62. The summed E-state index contributed by atoms with van der Waals surface area (Å²) in [6, 6.07) is 6.48. The summed E-state index contributed by atoms with van der Waals surface area (Å²) >= 11 is 1.60. The molecular weight excluding hydrogens is 280 g/mol. The number of Topliss-reactive ketones (excluding diaryl/α,β-unsaturated/α-hetero) is 1. The maximum absolute atomic E-state index is 13.6. The van der Waals surface area contributed by atoms with Gasteiger partial charge in [0.2, 0.25) is 0 Å². The number of carbonyl (C=O) groups excluding carboxylic acids is 1. The number of thiophene rings is 1. The van der Waals surface area contributed by atoms with Crippen molar-refractivity contribution in [3.63, 3.8) is 0 Å². The smallest absolute Gasteiger partial charge is 0.182 e. The van der Waals surface area contributed by atoms with Gasteiger partial charge in [0.1, 0.15) is 11.6 Å². The van der Waals surface area contributed by atoms with E-state index in [0.717, 1.165) is 17.0 Å². The van der Waals surface area contributed by atoms with E-state index in [0.29, 0.717) is 6.54 Å². The third-order valence-corrected chi connectivity index (χ3v) is 4.08. The first kappa shape index (κ1) is 14.8. The Labute approximate surface area is 120 Å². The van der Waals surface area contributed by atoms with Gasteiger partial charge in [-0.2, -0.15) is 0 Å². The van der Waals surface area contributed by atoms with E-state index in [9.17, 15) is 13.6 Å². The zero-order chi connectivity index (χ0) is 14.7. The zero-order valence-electron chi connectivity index (χ0n) is 11.3. The molecule has 2 aromatic rings. The molecule has 0 saturated carbocycles. The van der Waals surface area contributed by atoms with Gasteiger partial charge >= 0.3 is 0 Å². The molecule has 0 aliphatic carbocycles. The number of rotatable bonds is 5. The molecule has 1 unspecified atom stereocenters. The Morgan fingerprint density at radius 1 is 1.35 bits per heavy atom. The number of ketones is 1. The molecule has 0 saturated heterocycles. The van der Waals surface area contributed by atoms with Crippen molar-refractivity contribution >= 4 is 17.1 Å². The van der Waals surface area contributed by atoms with Gasteiger partial charge in [0.15, 0.2) is 5.78 Å². The fourth-order valence-corrected chi connectivity index (χ4v) is 2.67. The van der Waals surface area contributed by atoms with Crippen LogP contribution in [0.25, 0.3) is 0 Å². The van der Waals surface area contributed by atoms with Crippen molar-refractivity contribution in [1.82, 2.24) is 4.90 Å². The van der Waals surface area contributed by atoms with Crippen LogP contribution in [0.5, 0.6) is 0 Å². The lowest BCUT2D eigenvalue weighted by molar-refractivity contribution is 0.0859. The van der Waals surface area contributed by atoms with Gasteiger partial charge in [0, 0.05) is 17.5 Å². The molecule has 0 aliphatic rings. The molecule has 0 fully saturated rings. The topological polar surface area (TPSA) is 20.3 Å². The molecule has 0 amide bonds. The Morgan fingerprint density at radius 3 is 2.70 bits per heavy atom. The summed E-state index contributed by atoms with van der Waals surface area (Å²) < 4.78 is 26.5. The van der Waals surface area contributed by atoms with E-state index < -0.39 is 17.7 Å². The molecule has 0 spiro atoms. The highest BCUT2D eigenvalue weighted by Gasteiger charge is 2.22. The van der Waals surface area contributed by atoms with Crippen LogP contribution < -0.4 is 0 Å². The van der Waals surface area contributed by atoms with Crippen LogP contribution >= 0.6 is 11.3 Å². The second-order valence-electron chi connectivity index (χ2n) is 4.66. The first-order chi connectivity index (χ1) is 9.49. The second kappa shape index (κ2) is 6.24. The van der Waals surface area contributed by atoms with E-state index in [2.05, 4.69) is 0 Å². The Morgan fingerprint density at radius 2 is 2.10 bits per heavy atom. The van der Waals surface area contributed by atoms with E-state index in [1.807, 2.05) is 29.5 Å². The van der Waals surface area contributed by atoms with Gasteiger partial charge in [-0.3, -0.25) is 9.69 Å². The van der Waals surface area contributed by atoms with E-state index >= 15 is 0 Å². The van der Waals surface area contributed by atoms with Crippen molar-refractivity contribution in [3.8, 4) is 0 Å². The second-order valence-corrected chi connectivity index (χ2v) is 5.69. The number of hydrogen-bond acceptors (Lipinski definition) is 3. The minimum absolute atomic E-state index is 0.0723. The largest absolute Gasteiger partial charge is 0.292 e. The molecule has 5 heteroatoms. The molecule has 0 aliphatic heterocycles. The van der Waals surface area contributed by atoms with Crippen LogP contribution in [0.3, 0.4) is 0 Å². The van der Waals surface area contributed by atoms with Crippen LogP contribution in [0.15, 0.2) is 35.7 Å². The van der Waals surface area contributed by atoms with Gasteiger partial charge in [-0.25, -0.2) is 8.78 Å². The van der Waals surface area contributed by atoms with Crippen molar-refractivity contribution in [2.45, 2.75) is 19.5 Å². The number of benzene rings is 1. The molecule has 106 valence electrons. The highest BCUT2D eigenvalue weighted by Crippen LogP contribution is 2.17. The highest BCUT2D eigenvalue weighted by molar-refractivity contribution is 7.09. The first-order valence-corrected chi connectivity index (χ1v) is 7.09. The van der Waals surface area contributed by atoms with Crippen molar-refractivity contribution in [3.05, 3.63) is 57.8 Å². The standard InChI is InChI=1S/C15H15F2NOS/c1-10(18(2)9-12-4-3-7-20-12)15(19)13-6-5-11(16)8-14(13)17/h3-8,10H,9H2,1-2H3. The number of hydrogen-bond donors (Lipinski definition) is 0. The van der Waals surface area contributed by atoms with Gasteiger partial charge in [-0.15, -0.1) is 11.3 Å². The molecule has 1 aromatic heterocycles. The molecule has 2 rings (SSSR count). The van der Waals surface area contributed by atoms with Crippen LogP contribution in [0, 0.1) is 11.6 Å². The summed E-state index contributed by atoms with van der Waals surface area (Å²) in [4.78, 5) is 15.2. The van der Waals surface area contributed by atoms with Crippen LogP contribution in [0.1, 0.15) is 22.2 Å². The SMILES string of the molecule is CC(C(=O)c1ccc(F)cc1F)N(C)Cc1cccs1. The molecule has 0 bridgehead atoms. The van der Waals surface area contributed by atoms with Crippen LogP contribution in [0.4, 0.5) is 8.78 Å². The fraction of sp³-hybridized carbons (Fsp3) is 0.267. The third-order valence-electron chi connectivity index (χ3n) is 3.22. The van der Waals surface area contributed by atoms with Crippen molar-refractivity contribution < 1.29 is 13.6 Å². The van der Waals surface area contributed by atoms with E-state index in [1.54, 1.807) is 18.3 Å². The maximum atomic E-state index is 13.6. The highest BCUT2D eigenvalue weighted by atomic mass is 32.1. The number of carbonyl (C=O) groups is 1. The van der Waals surface area contributed by atoms with E-state index in [4.69, 9.17) is 0 Å². The van der Waals surface area contributed by atoms with Crippen molar-refractivity contribution in [2.24, 2.45) is 0 Å². The first-order valence-electron chi connectivity index (χ1n) is 6.21. The molecule has 0 radical (unpaired) electrons. The maximum Gasteiger partial charge on any atom is 0.182 e. The number of halogens is 2. The molecule has 2 nitrogen and oxygen atoms in total. The quantitative estimate of drug-likeness (QED) is 0.783. The Balaban J connectivity index is 2.11. The lowest BCUT2D eigenvalue weighted by atomic mass is 10.0. The fourth-order valence-electron chi connectivity index (χ4n) is 1.90. The van der Waals surface area contributed by atoms with Crippen molar-refractivity contribution in [2.75, 3.05) is 7.05 Å². The Bertz CT molecular complexity index is 598. The average Bonchev–Trinajstić information content (AvgIpc) is 2.90. The van der Waals surface area contributed by atoms with Gasteiger partial charge in [0.05, 0.1) is 11.6 Å². The molecule has 0 N–H and O–H groups in total. The number of likely N-dealkylation sites (N-methyl/N-ethyl adjacent to an activating group) is 1. The minimum atomic E-state index is -0.814. The Hall–Kier alpha value is -1.59. The average molecular weight is 295 g/mol. The minimum Gasteiger partial charge on any atom is -0.292 e. The summed E-state index contributed by atoms with van der Waals surface area (Å²) in [5, 5.41) is 1.97. The summed E-state index contributed by atoms with van der Waals surface area (Å²) in [7, 11) is 1.81. The van der Waals surface area contributed by atoms with Crippen molar-refractivity contribution in [1.29, 1.82) is 0 Å². The summed E-state index contributed by atoms with van der Waals surface area (Å²) in [5.74, 6) is -1.84. The van der Waals surface area contributed by atoms with Crippen LogP contribution in [-0.2, 0) is 6.54 Å². The molecule has 1 aromatic carbocycles. The molecule has 1 atom stereocenters. The van der Waals surface area contributed by atoms with Crippen LogP contribution in [0.2, 0.25) is 0 Å². The summed E-state index contributed by atoms with van der Waals surface area (Å²) in [5.41, 5.74) is -0.0723.